The normalized spacial score (nSPS) is 10.6. The Bertz CT molecular complexity index is 280. The molecule has 0 aliphatic heterocycles. The Labute approximate surface area is 136 Å². The number of amides is 1. The van der Waals surface area contributed by atoms with Gasteiger partial charge in [-0.2, -0.15) is 0 Å². The second-order valence-corrected chi connectivity index (χ2v) is 6.14. The van der Waals surface area contributed by atoms with E-state index in [1.54, 1.807) is 0 Å². The zero-order chi connectivity index (χ0) is 16.5. The van der Waals surface area contributed by atoms with E-state index >= 15 is 0 Å². The van der Waals surface area contributed by atoms with Crippen LogP contribution in [0.15, 0.2) is 0 Å². The van der Waals surface area contributed by atoms with Crippen LogP contribution in [0.1, 0.15) is 103 Å². The molecule has 4 heteroatoms. The minimum atomic E-state index is -1.00. The number of ether oxygens (including phenoxy) is 1. The van der Waals surface area contributed by atoms with E-state index in [2.05, 4.69) is 11.7 Å². The van der Waals surface area contributed by atoms with Crippen molar-refractivity contribution in [2.75, 3.05) is 0 Å². The predicted octanol–water partition coefficient (Wildman–Crippen LogP) is 5.48. The zero-order valence-electron chi connectivity index (χ0n) is 14.4. The lowest BCUT2D eigenvalue weighted by atomic mass is 10.0. The molecular formula is C18H35NO3. The van der Waals surface area contributed by atoms with E-state index in [0.29, 0.717) is 6.42 Å². The lowest BCUT2D eigenvalue weighted by Crippen LogP contribution is -2.18. The summed E-state index contributed by atoms with van der Waals surface area (Å²) < 4.78 is 4.26. The molecule has 0 atom stereocenters. The van der Waals surface area contributed by atoms with Crippen LogP contribution in [0.4, 0.5) is 4.79 Å². The highest BCUT2D eigenvalue weighted by molar-refractivity contribution is 5.83. The first-order chi connectivity index (χ1) is 10.7. The Morgan fingerprint density at radius 1 is 0.682 bits per heavy atom. The van der Waals surface area contributed by atoms with Gasteiger partial charge in [0.15, 0.2) is 0 Å². The van der Waals surface area contributed by atoms with Crippen molar-refractivity contribution in [1.29, 1.82) is 0 Å². The average molecular weight is 313 g/mol. The van der Waals surface area contributed by atoms with Crippen molar-refractivity contribution < 1.29 is 14.3 Å². The van der Waals surface area contributed by atoms with Crippen LogP contribution in [0.3, 0.4) is 0 Å². The summed E-state index contributed by atoms with van der Waals surface area (Å²) in [5.41, 5.74) is 4.76. The predicted molar refractivity (Wildman–Crippen MR) is 90.6 cm³/mol. The molecule has 0 saturated carbocycles. The summed E-state index contributed by atoms with van der Waals surface area (Å²) in [4.78, 5) is 21.4. The van der Waals surface area contributed by atoms with Gasteiger partial charge < -0.3 is 10.5 Å². The molecule has 0 bridgehead atoms. The SMILES string of the molecule is CCCCCCCCCCCCCCCCC(=O)OC(N)=O. The van der Waals surface area contributed by atoms with Gasteiger partial charge in [-0.15, -0.1) is 0 Å². The summed E-state index contributed by atoms with van der Waals surface area (Å²) in [6.07, 6.45) is 17.2. The number of carbonyl (C=O) groups is 2. The minimum absolute atomic E-state index is 0.293. The molecule has 0 aromatic carbocycles. The van der Waals surface area contributed by atoms with Gasteiger partial charge in [0.25, 0.3) is 0 Å². The number of esters is 1. The maximum absolute atomic E-state index is 11.0. The number of primary amides is 1. The van der Waals surface area contributed by atoms with Crippen molar-refractivity contribution in [3.63, 3.8) is 0 Å². The fourth-order valence-corrected chi connectivity index (χ4v) is 2.63. The van der Waals surface area contributed by atoms with Crippen LogP contribution in [-0.2, 0) is 9.53 Å². The highest BCUT2D eigenvalue weighted by atomic mass is 16.6. The molecule has 0 fully saturated rings. The Morgan fingerprint density at radius 2 is 1.05 bits per heavy atom. The highest BCUT2D eigenvalue weighted by Crippen LogP contribution is 2.13. The molecule has 2 N–H and O–H groups in total. The van der Waals surface area contributed by atoms with E-state index in [9.17, 15) is 9.59 Å². The van der Waals surface area contributed by atoms with Crippen LogP contribution < -0.4 is 5.73 Å². The van der Waals surface area contributed by atoms with Gasteiger partial charge in [0.2, 0.25) is 0 Å². The Morgan fingerprint density at radius 3 is 1.41 bits per heavy atom. The summed E-state index contributed by atoms with van der Waals surface area (Å²) in [5, 5.41) is 0. The van der Waals surface area contributed by atoms with Crippen LogP contribution in [0.5, 0.6) is 0 Å². The van der Waals surface area contributed by atoms with Crippen LogP contribution in [0, 0.1) is 0 Å². The highest BCUT2D eigenvalue weighted by Gasteiger charge is 2.05. The first-order valence-electron chi connectivity index (χ1n) is 9.17. The molecule has 1 amide bonds. The molecule has 4 nitrogen and oxygen atoms in total. The van der Waals surface area contributed by atoms with Crippen LogP contribution in [-0.4, -0.2) is 12.1 Å². The molecule has 0 aliphatic carbocycles. The van der Waals surface area contributed by atoms with E-state index in [1.807, 2.05) is 0 Å². The lowest BCUT2D eigenvalue weighted by molar-refractivity contribution is -0.137. The Balaban J connectivity index is 3.08. The molecule has 0 heterocycles. The van der Waals surface area contributed by atoms with Gasteiger partial charge in [0.1, 0.15) is 0 Å². The zero-order valence-corrected chi connectivity index (χ0v) is 14.4. The van der Waals surface area contributed by atoms with Crippen molar-refractivity contribution >= 4 is 12.1 Å². The molecule has 0 rings (SSSR count). The van der Waals surface area contributed by atoms with Gasteiger partial charge >= 0.3 is 12.1 Å². The van der Waals surface area contributed by atoms with Gasteiger partial charge in [0, 0.05) is 6.42 Å². The average Bonchev–Trinajstić information content (AvgIpc) is 2.47. The quantitative estimate of drug-likeness (QED) is 0.247. The third-order valence-corrected chi connectivity index (χ3v) is 3.95. The molecule has 22 heavy (non-hydrogen) atoms. The third kappa shape index (κ3) is 17.0. The van der Waals surface area contributed by atoms with E-state index in [4.69, 9.17) is 5.73 Å². The fourth-order valence-electron chi connectivity index (χ4n) is 2.63. The molecular weight excluding hydrogens is 278 g/mol. The van der Waals surface area contributed by atoms with E-state index in [-0.39, 0.29) is 0 Å². The van der Waals surface area contributed by atoms with Crippen LogP contribution >= 0.6 is 0 Å². The monoisotopic (exact) mass is 313 g/mol. The first-order valence-corrected chi connectivity index (χ1v) is 9.17. The van der Waals surface area contributed by atoms with Crippen LogP contribution in [0.25, 0.3) is 0 Å². The van der Waals surface area contributed by atoms with E-state index in [1.165, 1.54) is 70.6 Å². The number of carbonyl (C=O) groups excluding carboxylic acids is 2. The van der Waals surface area contributed by atoms with Crippen LogP contribution in [0.2, 0.25) is 0 Å². The topological polar surface area (TPSA) is 69.4 Å². The largest absolute Gasteiger partial charge is 0.412 e. The maximum atomic E-state index is 11.0. The summed E-state index contributed by atoms with van der Waals surface area (Å²) in [5.74, 6) is -0.508. The van der Waals surface area contributed by atoms with Gasteiger partial charge in [0.05, 0.1) is 0 Å². The van der Waals surface area contributed by atoms with Gasteiger partial charge in [-0.1, -0.05) is 90.4 Å². The van der Waals surface area contributed by atoms with Crippen molar-refractivity contribution in [1.82, 2.24) is 0 Å². The summed E-state index contributed by atoms with van der Waals surface area (Å²) in [7, 11) is 0. The lowest BCUT2D eigenvalue weighted by Gasteiger charge is -2.03. The van der Waals surface area contributed by atoms with Crippen molar-refractivity contribution in [3.05, 3.63) is 0 Å². The molecule has 0 saturated heterocycles. The van der Waals surface area contributed by atoms with Crippen molar-refractivity contribution in [2.24, 2.45) is 5.73 Å². The van der Waals surface area contributed by atoms with E-state index < -0.39 is 12.1 Å². The van der Waals surface area contributed by atoms with Crippen molar-refractivity contribution in [2.45, 2.75) is 103 Å². The number of hydrogen-bond donors (Lipinski definition) is 1. The van der Waals surface area contributed by atoms with E-state index in [0.717, 1.165) is 19.3 Å². The maximum Gasteiger partial charge on any atom is 0.412 e. The molecule has 0 aliphatic rings. The molecule has 0 aromatic heterocycles. The number of hydrogen-bond acceptors (Lipinski definition) is 3. The van der Waals surface area contributed by atoms with Crippen molar-refractivity contribution in [3.8, 4) is 0 Å². The fraction of sp³-hybridized carbons (Fsp3) is 0.889. The summed E-state index contributed by atoms with van der Waals surface area (Å²) in [6, 6.07) is 0. The van der Waals surface area contributed by atoms with Gasteiger partial charge in [-0.3, -0.25) is 4.79 Å². The molecule has 0 radical (unpaired) electrons. The molecule has 0 aromatic rings. The first kappa shape index (κ1) is 20.9. The minimum Gasteiger partial charge on any atom is -0.376 e. The second-order valence-electron chi connectivity index (χ2n) is 6.14. The Kier molecular flexibility index (Phi) is 15.5. The smallest absolute Gasteiger partial charge is 0.376 e. The van der Waals surface area contributed by atoms with Gasteiger partial charge in [-0.25, -0.2) is 4.79 Å². The number of rotatable bonds is 15. The standard InChI is InChI=1S/C18H35NO3/c1-2-3-4-5-6-7-8-9-10-11-12-13-14-15-16-17(20)22-18(19)21/h2-16H2,1H3,(H2,19,21). The number of nitrogens with two attached hydrogens (primary N) is 1. The number of unbranched alkanes of at least 4 members (excludes halogenated alkanes) is 13. The Hall–Kier alpha value is -1.06. The molecule has 0 spiro atoms. The summed E-state index contributed by atoms with van der Waals surface area (Å²) in [6.45, 7) is 2.26. The molecule has 130 valence electrons. The second kappa shape index (κ2) is 16.3. The molecule has 0 unspecified atom stereocenters. The third-order valence-electron chi connectivity index (χ3n) is 3.95. The van der Waals surface area contributed by atoms with Gasteiger partial charge in [-0.05, 0) is 6.42 Å². The summed E-state index contributed by atoms with van der Waals surface area (Å²) >= 11 is 0.